The van der Waals surface area contributed by atoms with Gasteiger partial charge in [0.2, 0.25) is 82.7 Å². The van der Waals surface area contributed by atoms with Crippen molar-refractivity contribution in [3.63, 3.8) is 0 Å². The lowest BCUT2D eigenvalue weighted by Crippen LogP contribution is -2.63. The molecule has 0 aliphatic carbocycles. The number of hydrogen-bond acceptors (Lipinski definition) is 25. The Labute approximate surface area is 626 Å². The van der Waals surface area contributed by atoms with Crippen molar-refractivity contribution in [2.45, 2.75) is 202 Å². The number of primary amides is 1. The van der Waals surface area contributed by atoms with Crippen molar-refractivity contribution in [3.05, 3.63) is 35.9 Å². The van der Waals surface area contributed by atoms with Crippen molar-refractivity contribution < 1.29 is 112 Å². The van der Waals surface area contributed by atoms with Crippen LogP contribution in [0.25, 0.3) is 0 Å². The molecule has 0 aromatic heterocycles. The molecule has 1 fully saturated rings. The number of unbranched alkanes of at least 4 members (excludes halogenated alkanes) is 1. The standard InChI is InChI=1S/C64H102N16O23S3/c1-6-31(2)49(63(101)80-23-12-16-44(80)60(98)72-36(15-10-11-22-65)53(91)68-27-46(85)69-43(30-105)64(102)103)77-58(96)40(25-34-13-8-7-9-14-34)74-56(94)39(21-24-106-5)71-54(92)38(18-20-47(86)87)70-57(95)41(26-48(88)89)75-55(93)37(17-19-45(67)84)73-61(99)51(33(4)83)79-59(97)42(28-81)76-62(100)50(32(3)82)78-52(90)35(66)29-104/h7-9,13-14,31-33,35-44,49-51,81-83,104-105H,6,10-12,15-30,65-66H2,1-5H3,(H2,67,84)(H,68,91)(H,69,85)(H,70,95)(H,71,92)(H,72,98)(H,73,99)(H,74,94)(H,75,93)(H,76,100)(H,77,96)(H,78,90)(H,79,97)(H,86,87)(H,88,89)(H,102,103)/t31-,32+,33+,35-,36-,37-,38-,39-,40-,41-,42-,43-,44-,49-,50-,51-/m0/s1. The third kappa shape index (κ3) is 32.4. The Morgan fingerprint density at radius 2 is 1.06 bits per heavy atom. The van der Waals surface area contributed by atoms with Gasteiger partial charge in [0, 0.05) is 37.3 Å². The minimum Gasteiger partial charge on any atom is -0.481 e. The lowest BCUT2D eigenvalue weighted by molar-refractivity contribution is -0.143. The van der Waals surface area contributed by atoms with Crippen LogP contribution in [0.4, 0.5) is 0 Å². The first kappa shape index (κ1) is 93.1. The predicted molar refractivity (Wildman–Crippen MR) is 386 cm³/mol. The zero-order valence-corrected chi connectivity index (χ0v) is 62.0. The molecule has 1 heterocycles. The molecule has 0 bridgehead atoms. The minimum atomic E-state index is -2.20. The second-order valence-corrected chi connectivity index (χ2v) is 26.8. The van der Waals surface area contributed by atoms with Gasteiger partial charge >= 0.3 is 17.9 Å². The third-order valence-electron chi connectivity index (χ3n) is 16.7. The number of carbonyl (C=O) groups is 17. The first-order chi connectivity index (χ1) is 50.0. The van der Waals surface area contributed by atoms with Crippen molar-refractivity contribution in [2.24, 2.45) is 23.1 Å². The Hall–Kier alpha value is -8.94. The van der Waals surface area contributed by atoms with Gasteiger partial charge in [0.1, 0.15) is 72.5 Å². The van der Waals surface area contributed by atoms with E-state index >= 15 is 0 Å². The fourth-order valence-electron chi connectivity index (χ4n) is 10.4. The van der Waals surface area contributed by atoms with Crippen molar-refractivity contribution in [2.75, 3.05) is 49.8 Å². The van der Waals surface area contributed by atoms with Crippen LogP contribution in [-0.2, 0) is 87.9 Å². The van der Waals surface area contributed by atoms with Crippen molar-refractivity contribution in [3.8, 4) is 0 Å². The summed E-state index contributed by atoms with van der Waals surface area (Å²) in [5.41, 5.74) is 17.2. The summed E-state index contributed by atoms with van der Waals surface area (Å²) >= 11 is 9.03. The van der Waals surface area contributed by atoms with E-state index in [4.69, 9.17) is 17.2 Å². The van der Waals surface area contributed by atoms with Gasteiger partial charge in [-0.15, -0.1) is 0 Å². The number of amides is 14. The number of rotatable bonds is 50. The van der Waals surface area contributed by atoms with Crippen LogP contribution in [0, 0.1) is 5.92 Å². The van der Waals surface area contributed by atoms with E-state index < -0.39 is 243 Å². The normalized spacial score (nSPS) is 16.8. The van der Waals surface area contributed by atoms with Gasteiger partial charge in [-0.25, -0.2) is 4.79 Å². The van der Waals surface area contributed by atoms with E-state index in [2.05, 4.69) is 89.1 Å². The summed E-state index contributed by atoms with van der Waals surface area (Å²) in [7, 11) is 0. The molecule has 106 heavy (non-hydrogen) atoms. The Kier molecular flexibility index (Phi) is 42.4. The van der Waals surface area contributed by atoms with Gasteiger partial charge in [0.25, 0.3) is 0 Å². The van der Waals surface area contributed by atoms with Gasteiger partial charge in [0.05, 0.1) is 37.8 Å². The molecule has 42 heteroatoms. The molecule has 594 valence electrons. The molecule has 2 rings (SSSR count). The topological polar surface area (TPSA) is 637 Å². The van der Waals surface area contributed by atoms with Crippen LogP contribution in [0.2, 0.25) is 0 Å². The molecule has 39 nitrogen and oxygen atoms in total. The van der Waals surface area contributed by atoms with Crippen LogP contribution in [0.5, 0.6) is 0 Å². The van der Waals surface area contributed by atoms with E-state index in [1.807, 2.05) is 0 Å². The Morgan fingerprint density at radius 3 is 1.56 bits per heavy atom. The average molecular weight is 1560 g/mol. The van der Waals surface area contributed by atoms with E-state index in [0.29, 0.717) is 31.2 Å². The lowest BCUT2D eigenvalue weighted by atomic mass is 9.96. The first-order valence-corrected chi connectivity index (χ1v) is 36.7. The van der Waals surface area contributed by atoms with Gasteiger partial charge in [-0.05, 0) is 95.2 Å². The number of hydrogen-bond donors (Lipinski definition) is 23. The van der Waals surface area contributed by atoms with Crippen molar-refractivity contribution in [1.82, 2.24) is 68.7 Å². The molecule has 0 unspecified atom stereocenters. The number of thiol groups is 2. The number of benzene rings is 1. The highest BCUT2D eigenvalue weighted by Crippen LogP contribution is 2.23. The number of carboxylic acids is 3. The molecule has 24 N–H and O–H groups in total. The number of nitrogens with one attached hydrogen (secondary N) is 12. The maximum Gasteiger partial charge on any atom is 0.327 e. The van der Waals surface area contributed by atoms with E-state index in [1.54, 1.807) is 50.4 Å². The summed E-state index contributed by atoms with van der Waals surface area (Å²) in [5.74, 6) is -20.6. The van der Waals surface area contributed by atoms with E-state index in [-0.39, 0.29) is 56.0 Å². The maximum absolute atomic E-state index is 14.8. The SMILES string of the molecule is CC[C@H](C)[C@H](NC(=O)[C@H](Cc1ccccc1)NC(=O)[C@H](CCSC)NC(=O)[C@H](CCC(=O)O)NC(=O)[C@H](CC(=O)O)NC(=O)[C@H](CCC(N)=O)NC(=O)[C@@H](NC(=O)[C@H](CO)NC(=O)[C@@H](NC(=O)[C@@H](N)CS)[C@@H](C)O)[C@@H](C)O)C(=O)N1CCC[C@H]1C(=O)N[C@@H](CCCCN)C(=O)NCC(=O)N[C@@H](CS)C(=O)O. The third-order valence-corrected chi connectivity index (χ3v) is 18.1. The van der Waals surface area contributed by atoms with E-state index in [9.17, 15) is 112 Å². The number of aliphatic hydroxyl groups is 3. The first-order valence-electron chi connectivity index (χ1n) is 34.0. The van der Waals surface area contributed by atoms with Crippen LogP contribution in [-0.4, -0.2) is 277 Å². The molecular formula is C64H102N16O23S3. The number of nitrogens with zero attached hydrogens (tertiary/aromatic N) is 1. The monoisotopic (exact) mass is 1560 g/mol. The molecule has 0 radical (unpaired) electrons. The molecule has 1 aromatic rings. The average Bonchev–Trinajstić information content (AvgIpc) is 1.68. The highest BCUT2D eigenvalue weighted by molar-refractivity contribution is 7.98. The van der Waals surface area contributed by atoms with Crippen LogP contribution in [0.15, 0.2) is 30.3 Å². The molecule has 0 saturated carbocycles. The zero-order valence-electron chi connectivity index (χ0n) is 59.4. The molecule has 1 saturated heterocycles. The molecule has 1 aliphatic heterocycles. The second-order valence-electron chi connectivity index (χ2n) is 25.1. The van der Waals surface area contributed by atoms with Gasteiger partial charge in [-0.1, -0.05) is 50.6 Å². The number of aliphatic hydroxyl groups excluding tert-OH is 3. The van der Waals surface area contributed by atoms with E-state index in [0.717, 1.165) is 13.8 Å². The van der Waals surface area contributed by atoms with Crippen LogP contribution >= 0.6 is 37.0 Å². The van der Waals surface area contributed by atoms with E-state index in [1.165, 1.54) is 16.7 Å². The largest absolute Gasteiger partial charge is 0.481 e. The van der Waals surface area contributed by atoms with Gasteiger partial charge < -0.3 is 117 Å². The lowest BCUT2D eigenvalue weighted by Gasteiger charge is -2.33. The second kappa shape index (κ2) is 48.3. The molecule has 1 aromatic carbocycles. The molecule has 1 aliphatic rings. The molecule has 14 amide bonds. The highest BCUT2D eigenvalue weighted by atomic mass is 32.2. The number of likely N-dealkylation sites (tertiary alicyclic amines) is 1. The van der Waals surface area contributed by atoms with Gasteiger partial charge in [0.15, 0.2) is 0 Å². The quantitative estimate of drug-likeness (QED) is 0.0213. The number of carbonyl (C=O) groups excluding carboxylic acids is 14. The Bertz CT molecular complexity index is 3200. The van der Waals surface area contributed by atoms with Crippen LogP contribution < -0.4 is 81.0 Å². The van der Waals surface area contributed by atoms with Crippen LogP contribution in [0.1, 0.15) is 110 Å². The van der Waals surface area contributed by atoms with Crippen LogP contribution in [0.3, 0.4) is 0 Å². The smallest absolute Gasteiger partial charge is 0.327 e. The number of aliphatic carboxylic acids is 3. The number of carboxylic acid groups (broad SMARTS) is 3. The van der Waals surface area contributed by atoms with Crippen molar-refractivity contribution in [1.29, 1.82) is 0 Å². The summed E-state index contributed by atoms with van der Waals surface area (Å²) in [6, 6.07) is -13.1. The molecule has 0 spiro atoms. The number of thioether (sulfide) groups is 1. The summed E-state index contributed by atoms with van der Waals surface area (Å²) in [6.07, 6.45) is -4.88. The predicted octanol–water partition coefficient (Wildman–Crippen LogP) is -7.77. The zero-order chi connectivity index (χ0) is 80.1. The summed E-state index contributed by atoms with van der Waals surface area (Å²) in [4.78, 5) is 229. The summed E-state index contributed by atoms with van der Waals surface area (Å²) < 4.78 is 0. The highest BCUT2D eigenvalue weighted by Gasteiger charge is 2.43. The summed E-state index contributed by atoms with van der Waals surface area (Å²) in [5, 5.41) is 87.9. The Balaban J connectivity index is 2.52. The summed E-state index contributed by atoms with van der Waals surface area (Å²) in [6.45, 7) is 3.93. The fourth-order valence-corrected chi connectivity index (χ4v) is 11.3. The fraction of sp³-hybridized carbons (Fsp3) is 0.641. The maximum atomic E-state index is 14.8. The van der Waals surface area contributed by atoms with Gasteiger partial charge in [-0.2, -0.15) is 37.0 Å². The Morgan fingerprint density at radius 1 is 0.566 bits per heavy atom. The molecule has 16 atom stereocenters. The van der Waals surface area contributed by atoms with Crippen molar-refractivity contribution >= 4 is 138 Å². The van der Waals surface area contributed by atoms with Gasteiger partial charge in [-0.3, -0.25) is 76.7 Å². The molecular weight excluding hydrogens is 1460 g/mol. The minimum absolute atomic E-state index is 0.0357. The number of nitrogens with two attached hydrogens (primary N) is 3.